The largest absolute Gasteiger partial charge is 0.493 e. The summed E-state index contributed by atoms with van der Waals surface area (Å²) in [6.07, 6.45) is 3.54. The number of pyridine rings is 1. The van der Waals surface area contributed by atoms with Crippen LogP contribution in [0.5, 0.6) is 11.5 Å². The minimum Gasteiger partial charge on any atom is -0.493 e. The average Bonchev–Trinajstić information content (AvgIpc) is 2.54. The van der Waals surface area contributed by atoms with Crippen molar-refractivity contribution in [2.45, 2.75) is 13.1 Å². The molecule has 0 bridgehead atoms. The Morgan fingerprint density at radius 2 is 1.96 bits per heavy atom. The predicted octanol–water partition coefficient (Wildman–Crippen LogP) is 0.871. The van der Waals surface area contributed by atoms with Crippen molar-refractivity contribution in [3.05, 3.63) is 52.8 Å². The predicted molar refractivity (Wildman–Crippen MR) is 86.3 cm³/mol. The van der Waals surface area contributed by atoms with Crippen LogP contribution in [-0.4, -0.2) is 24.6 Å². The molecule has 4 N–H and O–H groups in total. The van der Waals surface area contributed by atoms with E-state index in [-0.39, 0.29) is 6.61 Å². The van der Waals surface area contributed by atoms with Crippen LogP contribution in [0.1, 0.15) is 11.1 Å². The number of hydrogen-bond donors (Lipinski definition) is 2. The molecule has 23 heavy (non-hydrogen) atoms. The highest BCUT2D eigenvalue weighted by Crippen LogP contribution is 2.36. The van der Waals surface area contributed by atoms with Gasteiger partial charge in [0.05, 0.1) is 12.1 Å². The van der Waals surface area contributed by atoms with Gasteiger partial charge < -0.3 is 20.5 Å². The molecular weight excluding hydrogens is 318 g/mol. The molecule has 0 unspecified atom stereocenters. The number of aromatic nitrogens is 1. The van der Waals surface area contributed by atoms with Gasteiger partial charge in [0.2, 0.25) is 0 Å². The van der Waals surface area contributed by atoms with E-state index in [2.05, 4.69) is 10.3 Å². The fourth-order valence-corrected chi connectivity index (χ4v) is 2.39. The van der Waals surface area contributed by atoms with Gasteiger partial charge in [-0.2, -0.15) is 0 Å². The van der Waals surface area contributed by atoms with E-state index in [9.17, 15) is 4.79 Å². The average molecular weight is 337 g/mol. The number of ether oxygens (including phenoxy) is 2. The summed E-state index contributed by atoms with van der Waals surface area (Å²) in [5.41, 5.74) is 7.26. The third kappa shape index (κ3) is 5.12. The lowest BCUT2D eigenvalue weighted by atomic mass is 10.2. The van der Waals surface area contributed by atoms with Gasteiger partial charge >= 0.3 is 0 Å². The number of carbonyl (C=O) groups excluding carboxylic acids is 1. The van der Waals surface area contributed by atoms with Crippen molar-refractivity contribution in [3.8, 4) is 11.5 Å². The van der Waals surface area contributed by atoms with Gasteiger partial charge in [-0.15, -0.1) is 0 Å². The van der Waals surface area contributed by atoms with Crippen molar-refractivity contribution < 1.29 is 19.6 Å². The number of nitrogens with zero attached hydrogens (tertiary/aromatic N) is 1. The SMILES string of the molecule is COc1cc(C[NH2+]Cc2ccncc2)cc(Cl)c1OCC(N)=O. The molecule has 1 amide bonds. The first-order valence-electron chi connectivity index (χ1n) is 7.08. The van der Waals surface area contributed by atoms with Gasteiger partial charge in [0.1, 0.15) is 13.1 Å². The van der Waals surface area contributed by atoms with Crippen molar-refractivity contribution in [1.82, 2.24) is 4.98 Å². The van der Waals surface area contributed by atoms with Crippen LogP contribution in [0, 0.1) is 0 Å². The molecule has 0 aliphatic rings. The third-order valence-corrected chi connectivity index (χ3v) is 3.44. The summed E-state index contributed by atoms with van der Waals surface area (Å²) >= 11 is 6.21. The van der Waals surface area contributed by atoms with Gasteiger partial charge in [-0.3, -0.25) is 9.78 Å². The molecule has 1 aromatic carbocycles. The van der Waals surface area contributed by atoms with Crippen LogP contribution in [0.4, 0.5) is 0 Å². The number of halogens is 1. The van der Waals surface area contributed by atoms with E-state index in [1.807, 2.05) is 18.2 Å². The van der Waals surface area contributed by atoms with Crippen molar-refractivity contribution >= 4 is 17.5 Å². The van der Waals surface area contributed by atoms with Crippen LogP contribution in [-0.2, 0) is 17.9 Å². The smallest absolute Gasteiger partial charge is 0.255 e. The molecule has 0 radical (unpaired) electrons. The Morgan fingerprint density at radius 3 is 2.61 bits per heavy atom. The van der Waals surface area contributed by atoms with Gasteiger partial charge in [0.25, 0.3) is 5.91 Å². The summed E-state index contributed by atoms with van der Waals surface area (Å²) in [5, 5.41) is 2.53. The number of rotatable bonds is 8. The zero-order valence-electron chi connectivity index (χ0n) is 12.8. The first-order chi connectivity index (χ1) is 11.1. The summed E-state index contributed by atoms with van der Waals surface area (Å²) < 4.78 is 10.6. The van der Waals surface area contributed by atoms with Crippen LogP contribution in [0.25, 0.3) is 0 Å². The number of methoxy groups -OCH3 is 1. The van der Waals surface area contributed by atoms with Crippen LogP contribution in [0.3, 0.4) is 0 Å². The number of primary amides is 1. The summed E-state index contributed by atoms with van der Waals surface area (Å²) in [4.78, 5) is 14.8. The van der Waals surface area contributed by atoms with Crippen LogP contribution in [0.2, 0.25) is 5.02 Å². The van der Waals surface area contributed by atoms with Crippen LogP contribution < -0.4 is 20.5 Å². The third-order valence-electron chi connectivity index (χ3n) is 3.16. The molecule has 0 aliphatic heterocycles. The fraction of sp³-hybridized carbons (Fsp3) is 0.250. The Balaban J connectivity index is 2.02. The van der Waals surface area contributed by atoms with E-state index in [4.69, 9.17) is 26.8 Å². The second-order valence-corrected chi connectivity index (χ2v) is 5.32. The lowest BCUT2D eigenvalue weighted by Gasteiger charge is -2.13. The van der Waals surface area contributed by atoms with E-state index >= 15 is 0 Å². The van der Waals surface area contributed by atoms with Crippen LogP contribution >= 0.6 is 11.6 Å². The van der Waals surface area contributed by atoms with Gasteiger partial charge in [0, 0.05) is 23.5 Å². The lowest BCUT2D eigenvalue weighted by molar-refractivity contribution is -0.686. The molecule has 7 heteroatoms. The maximum atomic E-state index is 10.8. The maximum Gasteiger partial charge on any atom is 0.255 e. The molecule has 0 aliphatic carbocycles. The van der Waals surface area contributed by atoms with Gasteiger partial charge in [-0.05, 0) is 24.3 Å². The van der Waals surface area contributed by atoms with E-state index in [1.54, 1.807) is 18.5 Å². The Morgan fingerprint density at radius 1 is 1.26 bits per heavy atom. The summed E-state index contributed by atoms with van der Waals surface area (Å²) in [6, 6.07) is 7.59. The Bertz CT molecular complexity index is 665. The van der Waals surface area contributed by atoms with E-state index in [0.717, 1.165) is 18.7 Å². The molecule has 2 aromatic rings. The second kappa shape index (κ2) is 8.36. The number of nitrogens with two attached hydrogens (primary N) is 2. The van der Waals surface area contributed by atoms with Crippen molar-refractivity contribution in [1.29, 1.82) is 0 Å². The van der Waals surface area contributed by atoms with Gasteiger partial charge in [-0.1, -0.05) is 11.6 Å². The summed E-state index contributed by atoms with van der Waals surface area (Å²) in [6.45, 7) is 1.32. The number of hydrogen-bond acceptors (Lipinski definition) is 4. The van der Waals surface area contributed by atoms with E-state index in [1.165, 1.54) is 12.7 Å². The molecule has 2 rings (SSSR count). The van der Waals surface area contributed by atoms with Crippen molar-refractivity contribution in [3.63, 3.8) is 0 Å². The molecule has 1 heterocycles. The fourth-order valence-electron chi connectivity index (χ4n) is 2.10. The highest BCUT2D eigenvalue weighted by atomic mass is 35.5. The molecule has 0 saturated heterocycles. The number of carbonyl (C=O) groups is 1. The highest BCUT2D eigenvalue weighted by molar-refractivity contribution is 6.32. The molecule has 0 fully saturated rings. The minimum absolute atomic E-state index is 0.246. The Labute approximate surface area is 139 Å². The maximum absolute atomic E-state index is 10.8. The number of quaternary nitrogens is 1. The van der Waals surface area contributed by atoms with Gasteiger partial charge in [-0.25, -0.2) is 0 Å². The van der Waals surface area contributed by atoms with Crippen LogP contribution in [0.15, 0.2) is 36.7 Å². The Hall–Kier alpha value is -2.31. The molecule has 6 nitrogen and oxygen atoms in total. The van der Waals surface area contributed by atoms with Gasteiger partial charge in [0.15, 0.2) is 18.1 Å². The number of amides is 1. The first kappa shape index (κ1) is 17.1. The summed E-state index contributed by atoms with van der Waals surface area (Å²) in [7, 11) is 1.52. The van der Waals surface area contributed by atoms with E-state index < -0.39 is 5.91 Å². The highest BCUT2D eigenvalue weighted by Gasteiger charge is 2.13. The molecule has 122 valence electrons. The van der Waals surface area contributed by atoms with E-state index in [0.29, 0.717) is 16.5 Å². The number of benzene rings is 1. The van der Waals surface area contributed by atoms with Crippen molar-refractivity contribution in [2.24, 2.45) is 5.73 Å². The Kier molecular flexibility index (Phi) is 6.19. The standard InChI is InChI=1S/C16H18ClN3O3/c1-22-14-7-12(6-13(17)16(14)23-10-15(18)21)9-20-8-11-2-4-19-5-3-11/h2-7,20H,8-10H2,1H3,(H2,18,21)/p+1. The zero-order valence-corrected chi connectivity index (χ0v) is 13.5. The topological polar surface area (TPSA) is 91.1 Å². The minimum atomic E-state index is -0.571. The normalized spacial score (nSPS) is 10.3. The molecule has 1 aromatic heterocycles. The molecular formula is C16H19ClN3O3+. The first-order valence-corrected chi connectivity index (χ1v) is 7.46. The molecule has 0 atom stereocenters. The zero-order chi connectivity index (χ0) is 16.7. The monoisotopic (exact) mass is 336 g/mol. The molecule has 0 saturated carbocycles. The van der Waals surface area contributed by atoms with Crippen molar-refractivity contribution in [2.75, 3.05) is 13.7 Å². The quantitative estimate of drug-likeness (QED) is 0.748. The summed E-state index contributed by atoms with van der Waals surface area (Å²) in [5.74, 6) is 0.231. The molecule has 0 spiro atoms. The lowest BCUT2D eigenvalue weighted by Crippen LogP contribution is -2.80. The second-order valence-electron chi connectivity index (χ2n) is 4.92.